The van der Waals surface area contributed by atoms with E-state index in [0.29, 0.717) is 12.2 Å². The van der Waals surface area contributed by atoms with Gasteiger partial charge < -0.3 is 21.1 Å². The summed E-state index contributed by atoms with van der Waals surface area (Å²) >= 11 is 0. The maximum Gasteiger partial charge on any atom is 0.328 e. The Morgan fingerprint density at radius 1 is 0.852 bits per heavy atom. The molecular weight excluding hydrogens is 346 g/mol. The van der Waals surface area contributed by atoms with Crippen molar-refractivity contribution in [2.24, 2.45) is 5.73 Å². The van der Waals surface area contributed by atoms with E-state index in [0.717, 1.165) is 64.2 Å². The number of rotatable bonds is 19. The highest BCUT2D eigenvalue weighted by Crippen LogP contribution is 2.16. The molecule has 27 heavy (non-hydrogen) atoms. The van der Waals surface area contributed by atoms with Gasteiger partial charge in [0.1, 0.15) is 5.78 Å². The zero-order valence-electron chi connectivity index (χ0n) is 17.1. The third kappa shape index (κ3) is 12.2. The summed E-state index contributed by atoms with van der Waals surface area (Å²) in [7, 11) is 0. The van der Waals surface area contributed by atoms with Crippen LogP contribution in [0.15, 0.2) is 0 Å². The lowest BCUT2D eigenvalue weighted by atomic mass is 9.90. The molecule has 160 valence electrons. The molecule has 0 aliphatic carbocycles. The number of carbonyl (C=O) groups excluding carboxylic acids is 1. The Kier molecular flexibility index (Phi) is 15.4. The first kappa shape index (κ1) is 26.0. The molecule has 0 saturated carbocycles. The molecule has 0 heterocycles. The normalized spacial score (nSPS) is 14.7. The third-order valence-electron chi connectivity index (χ3n) is 5.25. The Morgan fingerprint density at radius 3 is 1.74 bits per heavy atom. The second-order valence-corrected chi connectivity index (χ2v) is 7.74. The number of carboxylic acid groups (broad SMARTS) is 1. The van der Waals surface area contributed by atoms with Gasteiger partial charge in [-0.2, -0.15) is 0 Å². The maximum absolute atomic E-state index is 11.7. The smallest absolute Gasteiger partial charge is 0.328 e. The van der Waals surface area contributed by atoms with Crippen molar-refractivity contribution in [3.8, 4) is 0 Å². The van der Waals surface area contributed by atoms with Crippen LogP contribution in [0.25, 0.3) is 0 Å². The van der Waals surface area contributed by atoms with Crippen LogP contribution in [-0.4, -0.2) is 45.3 Å². The van der Waals surface area contributed by atoms with Crippen LogP contribution in [-0.2, 0) is 9.59 Å². The summed E-state index contributed by atoms with van der Waals surface area (Å²) in [5.74, 6) is -0.971. The standard InChI is InChI=1S/C21H41NO5/c1-2-3-4-11-14-18(24)15-12-9-7-5-6-8-10-13-16-19(25)21(22,17-23)20(26)27/h19,23,25H,2-17,22H2,1H3,(H,26,27)/t19-,21-/m1/s1. The van der Waals surface area contributed by atoms with Crippen molar-refractivity contribution in [1.29, 1.82) is 0 Å². The average Bonchev–Trinajstić information content (AvgIpc) is 2.65. The first-order valence-electron chi connectivity index (χ1n) is 10.7. The van der Waals surface area contributed by atoms with Gasteiger partial charge in [0.15, 0.2) is 5.54 Å². The molecule has 0 fully saturated rings. The molecule has 0 amide bonds. The average molecular weight is 388 g/mol. The fourth-order valence-electron chi connectivity index (χ4n) is 3.17. The molecule has 5 N–H and O–H groups in total. The molecule has 0 saturated heterocycles. The summed E-state index contributed by atoms with van der Waals surface area (Å²) in [5, 5.41) is 27.9. The topological polar surface area (TPSA) is 121 Å². The van der Waals surface area contributed by atoms with Crippen molar-refractivity contribution in [3.05, 3.63) is 0 Å². The molecule has 0 bridgehead atoms. The summed E-state index contributed by atoms with van der Waals surface area (Å²) in [6, 6.07) is 0. The third-order valence-corrected chi connectivity index (χ3v) is 5.25. The lowest BCUT2D eigenvalue weighted by Crippen LogP contribution is -2.60. The Morgan fingerprint density at radius 2 is 1.30 bits per heavy atom. The van der Waals surface area contributed by atoms with Crippen LogP contribution in [0.1, 0.15) is 103 Å². The van der Waals surface area contributed by atoms with Crippen LogP contribution in [0.5, 0.6) is 0 Å². The Labute approximate surface area is 164 Å². The van der Waals surface area contributed by atoms with E-state index in [4.69, 9.17) is 15.9 Å². The van der Waals surface area contributed by atoms with E-state index in [-0.39, 0.29) is 6.42 Å². The van der Waals surface area contributed by atoms with E-state index in [1.807, 2.05) is 0 Å². The molecule has 0 aromatic carbocycles. The van der Waals surface area contributed by atoms with Crippen LogP contribution in [0.3, 0.4) is 0 Å². The molecule has 6 nitrogen and oxygen atoms in total. The molecule has 0 aromatic heterocycles. The number of hydrogen-bond donors (Lipinski definition) is 4. The molecule has 2 atom stereocenters. The van der Waals surface area contributed by atoms with Crippen molar-refractivity contribution in [2.75, 3.05) is 6.61 Å². The summed E-state index contributed by atoms with van der Waals surface area (Å²) in [6.45, 7) is 1.40. The fourth-order valence-corrected chi connectivity index (χ4v) is 3.17. The molecule has 0 radical (unpaired) electrons. The van der Waals surface area contributed by atoms with Crippen molar-refractivity contribution in [1.82, 2.24) is 0 Å². The second-order valence-electron chi connectivity index (χ2n) is 7.74. The maximum atomic E-state index is 11.7. The van der Waals surface area contributed by atoms with Gasteiger partial charge in [0.05, 0.1) is 12.7 Å². The minimum atomic E-state index is -1.96. The molecule has 0 aliphatic rings. The number of hydrogen-bond acceptors (Lipinski definition) is 5. The largest absolute Gasteiger partial charge is 0.480 e. The Bertz CT molecular complexity index is 402. The SMILES string of the molecule is CCCCCCC(=O)CCCCCCCCCC[C@@H](O)[C@](N)(CO)C(=O)O. The lowest BCUT2D eigenvalue weighted by Gasteiger charge is -2.27. The van der Waals surface area contributed by atoms with Gasteiger partial charge in [-0.15, -0.1) is 0 Å². The van der Waals surface area contributed by atoms with Crippen molar-refractivity contribution in [3.63, 3.8) is 0 Å². The minimum Gasteiger partial charge on any atom is -0.480 e. The van der Waals surface area contributed by atoms with Gasteiger partial charge in [0, 0.05) is 12.8 Å². The second kappa shape index (κ2) is 16.0. The van der Waals surface area contributed by atoms with E-state index in [2.05, 4.69) is 6.92 Å². The number of unbranched alkanes of at least 4 members (excludes halogenated alkanes) is 10. The molecule has 6 heteroatoms. The number of carbonyl (C=O) groups is 2. The molecular formula is C21H41NO5. The zero-order valence-corrected chi connectivity index (χ0v) is 17.1. The predicted octanol–water partition coefficient (Wildman–Crippen LogP) is 3.56. The molecule has 0 aromatic rings. The number of nitrogens with two attached hydrogens (primary N) is 1. The molecule has 0 rings (SSSR count). The van der Waals surface area contributed by atoms with Gasteiger partial charge in [-0.1, -0.05) is 71.1 Å². The quantitative estimate of drug-likeness (QED) is 0.251. The van der Waals surface area contributed by atoms with Crippen molar-refractivity contribution < 1.29 is 24.9 Å². The van der Waals surface area contributed by atoms with E-state index in [1.165, 1.54) is 19.3 Å². The number of aliphatic hydroxyl groups is 2. The summed E-state index contributed by atoms with van der Waals surface area (Å²) < 4.78 is 0. The first-order valence-corrected chi connectivity index (χ1v) is 10.7. The minimum absolute atomic E-state index is 0.281. The van der Waals surface area contributed by atoms with Crippen molar-refractivity contribution >= 4 is 11.8 Å². The van der Waals surface area contributed by atoms with Crippen LogP contribution >= 0.6 is 0 Å². The van der Waals surface area contributed by atoms with Crippen LogP contribution < -0.4 is 5.73 Å². The van der Waals surface area contributed by atoms with E-state index < -0.39 is 24.2 Å². The lowest BCUT2D eigenvalue weighted by molar-refractivity contribution is -0.150. The number of aliphatic carboxylic acids is 1. The molecule has 0 aliphatic heterocycles. The highest BCUT2D eigenvalue weighted by atomic mass is 16.4. The molecule has 0 unspecified atom stereocenters. The van der Waals surface area contributed by atoms with Gasteiger partial charge in [-0.05, 0) is 19.3 Å². The van der Waals surface area contributed by atoms with Gasteiger partial charge in [0.2, 0.25) is 0 Å². The Balaban J connectivity index is 3.50. The van der Waals surface area contributed by atoms with E-state index >= 15 is 0 Å². The number of carboxylic acids is 1. The number of aliphatic hydroxyl groups excluding tert-OH is 2. The van der Waals surface area contributed by atoms with Gasteiger partial charge in [-0.25, -0.2) is 0 Å². The highest BCUT2D eigenvalue weighted by molar-refractivity contribution is 5.79. The highest BCUT2D eigenvalue weighted by Gasteiger charge is 2.40. The van der Waals surface area contributed by atoms with Crippen LogP contribution in [0, 0.1) is 0 Å². The monoisotopic (exact) mass is 387 g/mol. The van der Waals surface area contributed by atoms with Gasteiger partial charge >= 0.3 is 5.97 Å². The van der Waals surface area contributed by atoms with E-state index in [1.54, 1.807) is 0 Å². The summed E-state index contributed by atoms with van der Waals surface area (Å²) in [6.07, 6.45) is 13.3. The van der Waals surface area contributed by atoms with Gasteiger partial charge in [-0.3, -0.25) is 9.59 Å². The van der Waals surface area contributed by atoms with Gasteiger partial charge in [0.25, 0.3) is 0 Å². The zero-order chi connectivity index (χ0) is 20.5. The fraction of sp³-hybridized carbons (Fsp3) is 0.905. The summed E-state index contributed by atoms with van der Waals surface area (Å²) in [4.78, 5) is 22.7. The summed E-state index contributed by atoms with van der Waals surface area (Å²) in [5.41, 5.74) is 3.57. The first-order chi connectivity index (χ1) is 12.9. The number of Topliss-reactive ketones (excluding diaryl/α,β-unsaturated/α-hetero) is 1. The number of ketones is 1. The molecule has 0 spiro atoms. The van der Waals surface area contributed by atoms with Crippen LogP contribution in [0.2, 0.25) is 0 Å². The van der Waals surface area contributed by atoms with E-state index in [9.17, 15) is 14.7 Å². The van der Waals surface area contributed by atoms with Crippen molar-refractivity contribution in [2.45, 2.75) is 115 Å². The predicted molar refractivity (Wildman–Crippen MR) is 108 cm³/mol. The Hall–Kier alpha value is -0.980. The van der Waals surface area contributed by atoms with Crippen LogP contribution in [0.4, 0.5) is 0 Å².